The minimum absolute atomic E-state index is 0.164. The molecule has 1 heterocycles. The van der Waals surface area contributed by atoms with Gasteiger partial charge in [-0.2, -0.15) is 0 Å². The van der Waals surface area contributed by atoms with Crippen LogP contribution in [0, 0.1) is 5.41 Å². The molecule has 0 bridgehead atoms. The average Bonchev–Trinajstić information content (AvgIpc) is 2.74. The van der Waals surface area contributed by atoms with E-state index in [1.807, 2.05) is 7.05 Å². The van der Waals surface area contributed by atoms with E-state index in [0.717, 1.165) is 25.9 Å². The highest BCUT2D eigenvalue weighted by atomic mass is 16.5. The summed E-state index contributed by atoms with van der Waals surface area (Å²) in [6, 6.07) is 0. The molecule has 1 N–H and O–H groups in total. The van der Waals surface area contributed by atoms with Crippen LogP contribution in [0.3, 0.4) is 0 Å². The number of nitrogens with one attached hydrogen (secondary N) is 1. The Balaban J connectivity index is 2.56. The predicted molar refractivity (Wildman–Crippen MR) is 59.7 cm³/mol. The summed E-state index contributed by atoms with van der Waals surface area (Å²) in [6.07, 6.45) is 1.87. The molecule has 0 aromatic rings. The number of amides is 1. The van der Waals surface area contributed by atoms with Crippen LogP contribution in [-0.4, -0.2) is 51.2 Å². The summed E-state index contributed by atoms with van der Waals surface area (Å²) in [4.78, 5) is 14.0. The molecule has 0 saturated carbocycles. The lowest BCUT2D eigenvalue weighted by atomic mass is 9.83. The number of rotatable bonds is 5. The molecule has 0 spiro atoms. The van der Waals surface area contributed by atoms with Crippen molar-refractivity contribution >= 4 is 5.91 Å². The first-order chi connectivity index (χ1) is 7.16. The van der Waals surface area contributed by atoms with Gasteiger partial charge in [0.05, 0.1) is 12.0 Å². The topological polar surface area (TPSA) is 41.6 Å². The van der Waals surface area contributed by atoms with Crippen LogP contribution < -0.4 is 5.32 Å². The van der Waals surface area contributed by atoms with E-state index in [1.54, 1.807) is 12.0 Å². The molecular formula is C11H22N2O2. The molecule has 4 heteroatoms. The zero-order valence-electron chi connectivity index (χ0n) is 10.0. The smallest absolute Gasteiger partial charge is 0.229 e. The minimum Gasteiger partial charge on any atom is -0.383 e. The first kappa shape index (κ1) is 12.5. The van der Waals surface area contributed by atoms with E-state index >= 15 is 0 Å². The molecule has 1 saturated heterocycles. The van der Waals surface area contributed by atoms with Crippen molar-refractivity contribution in [1.29, 1.82) is 0 Å². The maximum absolute atomic E-state index is 12.2. The zero-order chi connectivity index (χ0) is 11.3. The number of hydrogen-bond donors (Lipinski definition) is 1. The maximum atomic E-state index is 12.2. The lowest BCUT2D eigenvalue weighted by molar-refractivity contribution is -0.140. The van der Waals surface area contributed by atoms with Gasteiger partial charge in [-0.1, -0.05) is 6.92 Å². The van der Waals surface area contributed by atoms with Crippen molar-refractivity contribution in [1.82, 2.24) is 10.2 Å². The van der Waals surface area contributed by atoms with Gasteiger partial charge in [0.25, 0.3) is 0 Å². The fourth-order valence-electron chi connectivity index (χ4n) is 2.11. The number of carbonyl (C=O) groups excluding carboxylic acids is 1. The lowest BCUT2D eigenvalue weighted by Gasteiger charge is -2.30. The Morgan fingerprint density at radius 3 is 2.80 bits per heavy atom. The van der Waals surface area contributed by atoms with Crippen LogP contribution in [0.5, 0.6) is 0 Å². The number of carbonyl (C=O) groups is 1. The Labute approximate surface area is 92.0 Å². The molecule has 15 heavy (non-hydrogen) atoms. The van der Waals surface area contributed by atoms with Crippen LogP contribution in [0.25, 0.3) is 0 Å². The largest absolute Gasteiger partial charge is 0.383 e. The van der Waals surface area contributed by atoms with E-state index in [1.165, 1.54) is 0 Å². The SMILES string of the molecule is CCC1(C(=O)N(C)CCOC)CCNC1. The Morgan fingerprint density at radius 1 is 1.60 bits per heavy atom. The summed E-state index contributed by atoms with van der Waals surface area (Å²) < 4.78 is 4.98. The third-order valence-electron chi connectivity index (χ3n) is 3.35. The fraction of sp³-hybridized carbons (Fsp3) is 0.909. The zero-order valence-corrected chi connectivity index (χ0v) is 10.0. The molecule has 1 aliphatic heterocycles. The summed E-state index contributed by atoms with van der Waals surface area (Å²) in [6.45, 7) is 5.15. The molecule has 0 radical (unpaired) electrons. The molecule has 0 aliphatic carbocycles. The molecule has 1 aliphatic rings. The van der Waals surface area contributed by atoms with Gasteiger partial charge in [0.2, 0.25) is 5.91 Å². The summed E-state index contributed by atoms with van der Waals surface area (Å²) in [7, 11) is 3.52. The van der Waals surface area contributed by atoms with Gasteiger partial charge in [0, 0.05) is 27.2 Å². The first-order valence-electron chi connectivity index (χ1n) is 5.61. The van der Waals surface area contributed by atoms with E-state index in [-0.39, 0.29) is 11.3 Å². The van der Waals surface area contributed by atoms with Gasteiger partial charge >= 0.3 is 0 Å². The number of methoxy groups -OCH3 is 1. The molecule has 0 aromatic heterocycles. The lowest BCUT2D eigenvalue weighted by Crippen LogP contribution is -2.44. The van der Waals surface area contributed by atoms with Crippen LogP contribution in [0.15, 0.2) is 0 Å². The highest BCUT2D eigenvalue weighted by Gasteiger charge is 2.40. The Morgan fingerprint density at radius 2 is 2.33 bits per heavy atom. The van der Waals surface area contributed by atoms with Crippen molar-refractivity contribution < 1.29 is 9.53 Å². The molecule has 1 unspecified atom stereocenters. The van der Waals surface area contributed by atoms with Gasteiger partial charge in [-0.05, 0) is 19.4 Å². The molecule has 1 atom stereocenters. The van der Waals surface area contributed by atoms with Gasteiger partial charge in [-0.25, -0.2) is 0 Å². The van der Waals surface area contributed by atoms with E-state index in [0.29, 0.717) is 13.2 Å². The molecule has 0 aromatic carbocycles. The first-order valence-corrected chi connectivity index (χ1v) is 5.61. The Kier molecular flexibility index (Phi) is 4.54. The predicted octanol–water partition coefficient (Wildman–Crippen LogP) is 0.481. The van der Waals surface area contributed by atoms with Crippen LogP contribution >= 0.6 is 0 Å². The highest BCUT2D eigenvalue weighted by Crippen LogP contribution is 2.31. The Bertz CT molecular complexity index is 213. The number of ether oxygens (including phenoxy) is 1. The summed E-state index contributed by atoms with van der Waals surface area (Å²) >= 11 is 0. The van der Waals surface area contributed by atoms with Crippen molar-refractivity contribution in [2.75, 3.05) is 40.4 Å². The van der Waals surface area contributed by atoms with Crippen LogP contribution in [0.4, 0.5) is 0 Å². The summed E-state index contributed by atoms with van der Waals surface area (Å²) in [5.41, 5.74) is -0.164. The third kappa shape index (κ3) is 2.69. The van der Waals surface area contributed by atoms with Crippen molar-refractivity contribution in [3.63, 3.8) is 0 Å². The van der Waals surface area contributed by atoms with Crippen LogP contribution in [0.2, 0.25) is 0 Å². The minimum atomic E-state index is -0.164. The number of hydrogen-bond acceptors (Lipinski definition) is 3. The van der Waals surface area contributed by atoms with Gasteiger partial charge < -0.3 is 15.0 Å². The standard InChI is InChI=1S/C11H22N2O2/c1-4-11(5-6-12-9-11)10(14)13(2)7-8-15-3/h12H,4-9H2,1-3H3. The van der Waals surface area contributed by atoms with E-state index in [2.05, 4.69) is 12.2 Å². The second-order valence-electron chi connectivity index (χ2n) is 4.28. The van der Waals surface area contributed by atoms with E-state index in [9.17, 15) is 4.79 Å². The van der Waals surface area contributed by atoms with Gasteiger partial charge in [-0.3, -0.25) is 4.79 Å². The van der Waals surface area contributed by atoms with Crippen molar-refractivity contribution in [2.45, 2.75) is 19.8 Å². The number of likely N-dealkylation sites (N-methyl/N-ethyl adjacent to an activating group) is 1. The fourth-order valence-corrected chi connectivity index (χ4v) is 2.11. The van der Waals surface area contributed by atoms with Crippen molar-refractivity contribution in [2.24, 2.45) is 5.41 Å². The highest BCUT2D eigenvalue weighted by molar-refractivity contribution is 5.83. The maximum Gasteiger partial charge on any atom is 0.229 e. The van der Waals surface area contributed by atoms with Gasteiger partial charge in [0.1, 0.15) is 0 Å². The van der Waals surface area contributed by atoms with E-state index in [4.69, 9.17) is 4.74 Å². The molecular weight excluding hydrogens is 192 g/mol. The van der Waals surface area contributed by atoms with Gasteiger partial charge in [0.15, 0.2) is 0 Å². The second-order valence-corrected chi connectivity index (χ2v) is 4.28. The third-order valence-corrected chi connectivity index (χ3v) is 3.35. The summed E-state index contributed by atoms with van der Waals surface area (Å²) in [5, 5.41) is 3.28. The van der Waals surface area contributed by atoms with Crippen LogP contribution in [0.1, 0.15) is 19.8 Å². The van der Waals surface area contributed by atoms with Gasteiger partial charge in [-0.15, -0.1) is 0 Å². The molecule has 1 fully saturated rings. The number of nitrogens with zero attached hydrogens (tertiary/aromatic N) is 1. The normalized spacial score (nSPS) is 25.5. The average molecular weight is 214 g/mol. The second kappa shape index (κ2) is 5.47. The molecule has 4 nitrogen and oxygen atoms in total. The Hall–Kier alpha value is -0.610. The molecule has 88 valence electrons. The monoisotopic (exact) mass is 214 g/mol. The van der Waals surface area contributed by atoms with Crippen LogP contribution in [-0.2, 0) is 9.53 Å². The molecule has 1 amide bonds. The quantitative estimate of drug-likeness (QED) is 0.724. The molecule has 1 rings (SSSR count). The van der Waals surface area contributed by atoms with Crippen molar-refractivity contribution in [3.8, 4) is 0 Å². The van der Waals surface area contributed by atoms with Crippen molar-refractivity contribution in [3.05, 3.63) is 0 Å². The summed E-state index contributed by atoms with van der Waals surface area (Å²) in [5.74, 6) is 0.257. The van der Waals surface area contributed by atoms with E-state index < -0.39 is 0 Å².